The number of benzene rings is 3. The van der Waals surface area contributed by atoms with E-state index in [1.165, 1.54) is 17.4 Å². The van der Waals surface area contributed by atoms with E-state index in [2.05, 4.69) is 66.2 Å². The summed E-state index contributed by atoms with van der Waals surface area (Å²) >= 11 is 1.37. The number of pyridine rings is 1. The number of amides is 1. The van der Waals surface area contributed by atoms with Crippen LogP contribution in [0, 0.1) is 11.8 Å². The highest BCUT2D eigenvalue weighted by atomic mass is 32.1. The first-order valence-corrected chi connectivity index (χ1v) is 31.8. The van der Waals surface area contributed by atoms with E-state index in [1.54, 1.807) is 17.4 Å². The molecular formula is C54H67N4O6PSSi2. The summed E-state index contributed by atoms with van der Waals surface area (Å²) in [4.78, 5) is 58.8. The molecule has 0 spiro atoms. The summed E-state index contributed by atoms with van der Waals surface area (Å²) in [6.45, 7) is 21.8. The Morgan fingerprint density at radius 3 is 1.90 bits per heavy atom. The number of esters is 1. The molecule has 1 saturated heterocycles. The maximum Gasteiger partial charge on any atom is 0.356 e. The number of nitrogens with zero attached hydrogens (tertiary/aromatic N) is 4. The molecule has 6 aromatic rings. The zero-order chi connectivity index (χ0) is 49.0. The van der Waals surface area contributed by atoms with Crippen LogP contribution in [0.4, 0.5) is 0 Å². The minimum atomic E-state index is -3.26. The topological polar surface area (TPSA) is 112 Å². The van der Waals surface area contributed by atoms with E-state index in [9.17, 15) is 0 Å². The van der Waals surface area contributed by atoms with Gasteiger partial charge in [-0.05, 0) is 65.2 Å². The molecule has 1 unspecified atom stereocenters. The van der Waals surface area contributed by atoms with Crippen LogP contribution in [0.3, 0.4) is 0 Å². The predicted molar refractivity (Wildman–Crippen MR) is 284 cm³/mol. The third-order valence-electron chi connectivity index (χ3n) is 14.4. The number of hydrogen-bond acceptors (Lipinski definition) is 9. The van der Waals surface area contributed by atoms with Gasteiger partial charge in [-0.1, -0.05) is 158 Å². The molecule has 0 bridgehead atoms. The van der Waals surface area contributed by atoms with Gasteiger partial charge in [-0.15, -0.1) is 11.3 Å². The van der Waals surface area contributed by atoms with Crippen molar-refractivity contribution in [1.82, 2.24) is 19.3 Å². The number of Topliss-reactive ketones (excluding diaryl/α,β-unsaturated/α-hetero) is 1. The Balaban J connectivity index is 1.45. The van der Waals surface area contributed by atoms with Gasteiger partial charge in [0.25, 0.3) is 0 Å². The number of rotatable bonds is 20. The average molecular weight is 987 g/mol. The van der Waals surface area contributed by atoms with E-state index in [1.807, 2.05) is 134 Å². The Hall–Kier alpha value is -5.02. The molecule has 0 radical (unpaired) electrons. The number of ether oxygens (including phenoxy) is 1. The second kappa shape index (κ2) is 20.9. The van der Waals surface area contributed by atoms with Gasteiger partial charge in [0.05, 0.1) is 22.9 Å². The van der Waals surface area contributed by atoms with Crippen molar-refractivity contribution in [2.75, 3.05) is 6.61 Å². The Bertz CT molecular complexity index is 2660. The van der Waals surface area contributed by atoms with Crippen molar-refractivity contribution in [3.05, 3.63) is 157 Å². The van der Waals surface area contributed by atoms with E-state index in [4.69, 9.17) is 18.6 Å². The third kappa shape index (κ3) is 9.50. The van der Waals surface area contributed by atoms with Crippen molar-refractivity contribution in [3.63, 3.8) is 0 Å². The summed E-state index contributed by atoms with van der Waals surface area (Å²) in [7, 11) is -4.61. The fraction of sp³-hybridized carbons (Fsp3) is 0.370. The van der Waals surface area contributed by atoms with Crippen LogP contribution >= 0.6 is 18.2 Å². The lowest BCUT2D eigenvalue weighted by molar-refractivity contribution is -0.158. The molecule has 3 aromatic carbocycles. The second-order valence-corrected chi connectivity index (χ2v) is 33.1. The molecule has 3 aromatic heterocycles. The standard InChI is InChI=1S/C54H67N4O6PSSi2/c1-12-34-62-53(61)51(65(41-27-19-16-20-28-41,42-29-21-17-22-30-42)43-31-23-18-24-32-43)58-47(45(50(58)60)39(6)63-67(10,11)54(7,8)9)38(5)48(59)44-36-57-37-56-46(52(57)66-44)49(40-26-25-33-55-35-40)64-68(13-2,14-3)15-4/h12,16-33,35-39,45,47,49H,1,13-15,34H2,2-11H3/t38-,39-,45-,47-,49?/m1/s1. The molecule has 10 nitrogen and oxygen atoms in total. The van der Waals surface area contributed by atoms with Gasteiger partial charge in [0.15, 0.2) is 22.4 Å². The number of ketones is 1. The quantitative estimate of drug-likeness (QED) is 0.0186. The van der Waals surface area contributed by atoms with Crippen molar-refractivity contribution in [1.29, 1.82) is 0 Å². The van der Waals surface area contributed by atoms with Crippen LogP contribution in [0.2, 0.25) is 36.3 Å². The predicted octanol–water partition coefficient (Wildman–Crippen LogP) is 10.8. The monoisotopic (exact) mass is 986 g/mol. The summed E-state index contributed by atoms with van der Waals surface area (Å²) < 4.78 is 22.2. The van der Waals surface area contributed by atoms with Gasteiger partial charge in [-0.3, -0.25) is 19.0 Å². The molecule has 1 aliphatic rings. The third-order valence-corrected chi connectivity index (χ3v) is 29.0. The van der Waals surface area contributed by atoms with Gasteiger partial charge in [0.2, 0.25) is 5.91 Å². The van der Waals surface area contributed by atoms with Gasteiger partial charge in [-0.25, -0.2) is 9.78 Å². The summed E-state index contributed by atoms with van der Waals surface area (Å²) in [5, 5.41) is 2.44. The van der Waals surface area contributed by atoms with Crippen molar-refractivity contribution in [3.8, 4) is 0 Å². The van der Waals surface area contributed by atoms with Crippen LogP contribution < -0.4 is 15.9 Å². The SMILES string of the molecule is C=CCOC(=O)C(N1C(=O)[C@H]([C@@H](C)O[Si](C)(C)C(C)(C)C)[C@H]1[C@@H](C)C(=O)c1cn2cnc(C(O[Si](CC)(CC)CC)c3cccnc3)c2s1)=P(c1ccccc1)(c1ccccc1)c1ccccc1. The van der Waals surface area contributed by atoms with Crippen LogP contribution in [-0.2, 0) is 23.2 Å². The molecule has 4 heterocycles. The lowest BCUT2D eigenvalue weighted by Crippen LogP contribution is -2.71. The van der Waals surface area contributed by atoms with Gasteiger partial charge >= 0.3 is 5.97 Å². The minimum Gasteiger partial charge on any atom is -0.457 e. The molecule has 1 fully saturated rings. The molecule has 5 atom stereocenters. The number of hydrogen-bond donors (Lipinski definition) is 0. The molecular weight excluding hydrogens is 920 g/mol. The maximum absolute atomic E-state index is 15.6. The second-order valence-electron chi connectivity index (χ2n) is 19.3. The highest BCUT2D eigenvalue weighted by molar-refractivity contribution is 7.96. The highest BCUT2D eigenvalue weighted by Crippen LogP contribution is 2.52. The molecule has 1 amide bonds. The summed E-state index contributed by atoms with van der Waals surface area (Å²) in [6, 6.07) is 35.8. The normalized spacial score (nSPS) is 17.0. The number of β-lactam (4-membered cyclic amide) rings is 1. The molecule has 14 heteroatoms. The number of carbonyl (C=O) groups excluding carboxylic acids is 3. The van der Waals surface area contributed by atoms with E-state index in [0.717, 1.165) is 50.1 Å². The van der Waals surface area contributed by atoms with E-state index in [0.29, 0.717) is 4.88 Å². The number of fused-ring (bicyclic) bond motifs is 1. The number of imidazole rings is 1. The molecule has 0 aliphatic carbocycles. The Morgan fingerprint density at radius 2 is 1.41 bits per heavy atom. The van der Waals surface area contributed by atoms with Gasteiger partial charge in [-0.2, -0.15) is 0 Å². The van der Waals surface area contributed by atoms with E-state index >= 15 is 14.4 Å². The Labute approximate surface area is 409 Å². The van der Waals surface area contributed by atoms with Crippen LogP contribution in [-0.4, -0.2) is 77.7 Å². The van der Waals surface area contributed by atoms with Crippen LogP contribution in [0.25, 0.3) is 4.83 Å². The fourth-order valence-corrected chi connectivity index (χ4v) is 19.1. The zero-order valence-electron chi connectivity index (χ0n) is 41.2. The highest BCUT2D eigenvalue weighted by Gasteiger charge is 2.59. The smallest absolute Gasteiger partial charge is 0.356 e. The number of likely N-dealkylation sites (tertiary alicyclic amines) is 1. The first-order chi connectivity index (χ1) is 32.5. The van der Waals surface area contributed by atoms with Gasteiger partial charge < -0.3 is 18.5 Å². The first kappa shape index (κ1) is 50.8. The minimum absolute atomic E-state index is 0.0727. The Morgan fingerprint density at radius 1 is 0.853 bits per heavy atom. The molecule has 0 N–H and O–H groups in total. The summed E-state index contributed by atoms with van der Waals surface area (Å²) in [5.41, 5.74) is 1.86. The largest absolute Gasteiger partial charge is 0.457 e. The van der Waals surface area contributed by atoms with Crippen LogP contribution in [0.1, 0.15) is 82.4 Å². The fourth-order valence-electron chi connectivity index (χ4n) is 9.42. The molecule has 358 valence electrons. The van der Waals surface area contributed by atoms with Crippen molar-refractivity contribution >= 4 is 78.7 Å². The van der Waals surface area contributed by atoms with Crippen molar-refractivity contribution < 1.29 is 28.0 Å². The van der Waals surface area contributed by atoms with E-state index < -0.39 is 59.6 Å². The number of carbonyl (C=O) groups is 3. The van der Waals surface area contributed by atoms with Gasteiger partial charge in [0.1, 0.15) is 35.0 Å². The van der Waals surface area contributed by atoms with Crippen LogP contribution in [0.15, 0.2) is 141 Å². The Kier molecular flexibility index (Phi) is 15.6. The number of thiazole rings is 1. The molecule has 7 rings (SSSR count). The summed E-state index contributed by atoms with van der Waals surface area (Å²) in [5.74, 6) is -2.62. The zero-order valence-corrected chi connectivity index (χ0v) is 44.9. The maximum atomic E-state index is 15.6. The lowest BCUT2D eigenvalue weighted by Gasteiger charge is -2.54. The molecule has 1 aliphatic heterocycles. The number of aromatic nitrogens is 3. The average Bonchev–Trinajstić information content (AvgIpc) is 3.95. The van der Waals surface area contributed by atoms with E-state index in [-0.39, 0.29) is 28.8 Å². The van der Waals surface area contributed by atoms with Gasteiger partial charge in [0, 0.05) is 37.0 Å². The van der Waals surface area contributed by atoms with Crippen LogP contribution in [0.5, 0.6) is 0 Å². The lowest BCUT2D eigenvalue weighted by atomic mass is 9.75. The van der Waals surface area contributed by atoms with Crippen molar-refractivity contribution in [2.45, 2.75) is 110 Å². The van der Waals surface area contributed by atoms with Crippen molar-refractivity contribution in [2.24, 2.45) is 11.8 Å². The summed E-state index contributed by atoms with van der Waals surface area (Å²) in [6.07, 6.45) is 7.67. The molecule has 0 saturated carbocycles. The first-order valence-electron chi connectivity index (χ1n) is 23.8. The molecule has 68 heavy (non-hydrogen) atoms.